The third-order valence-corrected chi connectivity index (χ3v) is 3.55. The lowest BCUT2D eigenvalue weighted by Gasteiger charge is -2.30. The summed E-state index contributed by atoms with van der Waals surface area (Å²) in [5, 5.41) is 8.93. The molecule has 0 aromatic carbocycles. The van der Waals surface area contributed by atoms with Crippen LogP contribution < -0.4 is 0 Å². The minimum atomic E-state index is 0.0383. The second-order valence-corrected chi connectivity index (χ2v) is 4.67. The average molecular weight is 213 g/mol. The minimum Gasteiger partial charge on any atom is -0.390 e. The van der Waals surface area contributed by atoms with Crippen LogP contribution in [0.25, 0.3) is 0 Å². The summed E-state index contributed by atoms with van der Waals surface area (Å²) in [6, 6.07) is 0.369. The molecule has 1 saturated heterocycles. The number of rotatable bonds is 2. The SMILES string of the molecule is CN1CCSCC1c1ncc(CO)[nH]1. The van der Waals surface area contributed by atoms with Gasteiger partial charge in [0, 0.05) is 18.1 Å². The fourth-order valence-corrected chi connectivity index (χ4v) is 2.82. The Morgan fingerprint density at radius 3 is 3.29 bits per heavy atom. The Bertz CT molecular complexity index is 302. The number of hydrogen-bond donors (Lipinski definition) is 2. The van der Waals surface area contributed by atoms with Gasteiger partial charge in [0.05, 0.1) is 24.5 Å². The van der Waals surface area contributed by atoms with Gasteiger partial charge in [-0.3, -0.25) is 4.90 Å². The Hall–Kier alpha value is -0.520. The van der Waals surface area contributed by atoms with E-state index in [1.165, 1.54) is 5.75 Å². The standard InChI is InChI=1S/C9H15N3OS/c1-12-2-3-14-6-8(12)9-10-4-7(5-13)11-9/h4,8,13H,2-3,5-6H2,1H3,(H,10,11). The van der Waals surface area contributed by atoms with Crippen LogP contribution >= 0.6 is 11.8 Å². The summed E-state index contributed by atoms with van der Waals surface area (Å²) < 4.78 is 0. The van der Waals surface area contributed by atoms with Gasteiger partial charge in [0.2, 0.25) is 0 Å². The van der Waals surface area contributed by atoms with Gasteiger partial charge in [-0.05, 0) is 7.05 Å². The minimum absolute atomic E-state index is 0.0383. The Kier molecular flexibility index (Phi) is 3.10. The van der Waals surface area contributed by atoms with E-state index in [-0.39, 0.29) is 6.61 Å². The van der Waals surface area contributed by atoms with Gasteiger partial charge >= 0.3 is 0 Å². The maximum absolute atomic E-state index is 8.93. The quantitative estimate of drug-likeness (QED) is 0.756. The normalized spacial score (nSPS) is 24.0. The molecular weight excluding hydrogens is 198 g/mol. The first-order valence-corrected chi connectivity index (χ1v) is 5.89. The van der Waals surface area contributed by atoms with Crippen molar-refractivity contribution in [3.8, 4) is 0 Å². The maximum Gasteiger partial charge on any atom is 0.124 e. The molecule has 2 rings (SSSR count). The molecule has 0 spiro atoms. The molecule has 2 N–H and O–H groups in total. The zero-order chi connectivity index (χ0) is 9.97. The number of imidazole rings is 1. The monoisotopic (exact) mass is 213 g/mol. The summed E-state index contributed by atoms with van der Waals surface area (Å²) in [5.74, 6) is 3.25. The zero-order valence-electron chi connectivity index (χ0n) is 8.23. The summed E-state index contributed by atoms with van der Waals surface area (Å²) in [4.78, 5) is 9.74. The molecule has 1 aromatic heterocycles. The highest BCUT2D eigenvalue weighted by molar-refractivity contribution is 7.99. The van der Waals surface area contributed by atoms with Crippen molar-refractivity contribution in [2.24, 2.45) is 0 Å². The molecule has 1 aliphatic rings. The summed E-state index contributed by atoms with van der Waals surface area (Å²) in [6.45, 7) is 1.14. The number of aromatic amines is 1. The third kappa shape index (κ3) is 1.94. The van der Waals surface area contributed by atoms with E-state index in [0.29, 0.717) is 6.04 Å². The number of hydrogen-bond acceptors (Lipinski definition) is 4. The van der Waals surface area contributed by atoms with Crippen molar-refractivity contribution in [1.29, 1.82) is 0 Å². The Morgan fingerprint density at radius 1 is 1.79 bits per heavy atom. The molecule has 1 aliphatic heterocycles. The summed E-state index contributed by atoms with van der Waals surface area (Å²) >= 11 is 1.95. The van der Waals surface area contributed by atoms with Crippen LogP contribution in [0.15, 0.2) is 6.20 Å². The zero-order valence-corrected chi connectivity index (χ0v) is 9.05. The van der Waals surface area contributed by atoms with E-state index >= 15 is 0 Å². The van der Waals surface area contributed by atoms with Crippen molar-refractivity contribution >= 4 is 11.8 Å². The van der Waals surface area contributed by atoms with E-state index in [1.54, 1.807) is 6.20 Å². The molecule has 0 amide bonds. The van der Waals surface area contributed by atoms with Crippen molar-refractivity contribution in [3.05, 3.63) is 17.7 Å². The second-order valence-electron chi connectivity index (χ2n) is 3.52. The second kappa shape index (κ2) is 4.33. The van der Waals surface area contributed by atoms with E-state index in [0.717, 1.165) is 23.8 Å². The van der Waals surface area contributed by atoms with Gasteiger partial charge in [0.15, 0.2) is 0 Å². The number of aliphatic hydroxyl groups is 1. The molecule has 78 valence electrons. The van der Waals surface area contributed by atoms with Gasteiger partial charge in [0.1, 0.15) is 5.82 Å². The van der Waals surface area contributed by atoms with Crippen LogP contribution in [0.1, 0.15) is 17.6 Å². The van der Waals surface area contributed by atoms with Crippen LogP contribution in [0.3, 0.4) is 0 Å². The highest BCUT2D eigenvalue weighted by Crippen LogP contribution is 2.25. The van der Waals surface area contributed by atoms with E-state index < -0.39 is 0 Å². The van der Waals surface area contributed by atoms with Crippen LogP contribution in [0.5, 0.6) is 0 Å². The first kappa shape index (κ1) is 10.0. The number of H-pyrrole nitrogens is 1. The van der Waals surface area contributed by atoms with Crippen molar-refractivity contribution in [1.82, 2.24) is 14.9 Å². The first-order chi connectivity index (χ1) is 6.81. The van der Waals surface area contributed by atoms with Gasteiger partial charge < -0.3 is 10.1 Å². The number of nitrogens with one attached hydrogen (secondary N) is 1. The lowest BCUT2D eigenvalue weighted by Crippen LogP contribution is -2.33. The maximum atomic E-state index is 8.93. The van der Waals surface area contributed by atoms with Crippen LogP contribution in [-0.2, 0) is 6.61 Å². The van der Waals surface area contributed by atoms with Crippen molar-refractivity contribution in [2.45, 2.75) is 12.6 Å². The molecule has 0 bridgehead atoms. The summed E-state index contributed by atoms with van der Waals surface area (Å²) in [7, 11) is 2.12. The topological polar surface area (TPSA) is 52.1 Å². The van der Waals surface area contributed by atoms with Crippen LogP contribution in [-0.4, -0.2) is 45.1 Å². The number of thioether (sulfide) groups is 1. The first-order valence-electron chi connectivity index (χ1n) is 4.74. The molecule has 5 heteroatoms. The number of aliphatic hydroxyl groups excluding tert-OH is 1. The van der Waals surface area contributed by atoms with E-state index in [4.69, 9.17) is 5.11 Å². The Morgan fingerprint density at radius 2 is 2.64 bits per heavy atom. The number of nitrogens with zero attached hydrogens (tertiary/aromatic N) is 2. The number of aromatic nitrogens is 2. The van der Waals surface area contributed by atoms with E-state index in [2.05, 4.69) is 21.9 Å². The predicted octanol–water partition coefficient (Wildman–Crippen LogP) is 0.622. The van der Waals surface area contributed by atoms with Crippen molar-refractivity contribution in [2.75, 3.05) is 25.1 Å². The van der Waals surface area contributed by atoms with Gasteiger partial charge in [-0.25, -0.2) is 4.98 Å². The predicted molar refractivity (Wildman–Crippen MR) is 57.2 cm³/mol. The van der Waals surface area contributed by atoms with Gasteiger partial charge in [-0.2, -0.15) is 11.8 Å². The molecule has 0 saturated carbocycles. The Labute approximate surface area is 87.7 Å². The molecule has 4 nitrogen and oxygen atoms in total. The van der Waals surface area contributed by atoms with Crippen LogP contribution in [0, 0.1) is 0 Å². The molecule has 1 fully saturated rings. The van der Waals surface area contributed by atoms with Gasteiger partial charge in [0.25, 0.3) is 0 Å². The molecule has 1 atom stereocenters. The third-order valence-electron chi connectivity index (χ3n) is 2.53. The van der Waals surface area contributed by atoms with Crippen LogP contribution in [0.2, 0.25) is 0 Å². The molecule has 0 radical (unpaired) electrons. The van der Waals surface area contributed by atoms with Gasteiger partial charge in [-0.15, -0.1) is 0 Å². The molecule has 1 unspecified atom stereocenters. The smallest absolute Gasteiger partial charge is 0.124 e. The molecule has 1 aromatic rings. The fraction of sp³-hybridized carbons (Fsp3) is 0.667. The largest absolute Gasteiger partial charge is 0.390 e. The molecule has 2 heterocycles. The highest BCUT2D eigenvalue weighted by atomic mass is 32.2. The van der Waals surface area contributed by atoms with Crippen molar-refractivity contribution in [3.63, 3.8) is 0 Å². The summed E-state index contributed by atoms with van der Waals surface area (Å²) in [5.41, 5.74) is 0.795. The highest BCUT2D eigenvalue weighted by Gasteiger charge is 2.23. The van der Waals surface area contributed by atoms with Crippen LogP contribution in [0.4, 0.5) is 0 Å². The fourth-order valence-electron chi connectivity index (χ4n) is 1.60. The van der Waals surface area contributed by atoms with E-state index in [9.17, 15) is 0 Å². The molecular formula is C9H15N3OS. The Balaban J connectivity index is 2.12. The molecule has 0 aliphatic carbocycles. The summed E-state index contributed by atoms with van der Waals surface area (Å²) in [6.07, 6.45) is 1.71. The van der Waals surface area contributed by atoms with Gasteiger partial charge in [-0.1, -0.05) is 0 Å². The lowest BCUT2D eigenvalue weighted by molar-refractivity contribution is 0.261. The lowest BCUT2D eigenvalue weighted by atomic mass is 10.3. The van der Waals surface area contributed by atoms with E-state index in [1.807, 2.05) is 11.8 Å². The average Bonchev–Trinajstić information content (AvgIpc) is 2.67. The molecule has 14 heavy (non-hydrogen) atoms. The van der Waals surface area contributed by atoms with Crippen molar-refractivity contribution < 1.29 is 5.11 Å².